The summed E-state index contributed by atoms with van der Waals surface area (Å²) in [6, 6.07) is 6.09. The summed E-state index contributed by atoms with van der Waals surface area (Å²) in [6.45, 7) is 1.33. The molecule has 1 saturated heterocycles. The average molecular weight is 278 g/mol. The van der Waals surface area contributed by atoms with Crippen LogP contribution in [-0.4, -0.2) is 36.1 Å². The summed E-state index contributed by atoms with van der Waals surface area (Å²) in [4.78, 5) is 24.9. The molecule has 1 N–H and O–H groups in total. The molecule has 3 rings (SSSR count). The second-order valence-corrected chi connectivity index (χ2v) is 5.12. The Balaban J connectivity index is 2.06. The predicted octanol–water partition coefficient (Wildman–Crippen LogP) is 1.40. The monoisotopic (exact) mass is 278 g/mol. The van der Waals surface area contributed by atoms with E-state index in [0.29, 0.717) is 11.3 Å². The van der Waals surface area contributed by atoms with E-state index in [1.54, 1.807) is 24.3 Å². The van der Waals surface area contributed by atoms with Gasteiger partial charge in [-0.05, 0) is 6.07 Å². The lowest BCUT2D eigenvalue weighted by Gasteiger charge is -2.28. The molecule has 20 heavy (non-hydrogen) atoms. The van der Waals surface area contributed by atoms with Gasteiger partial charge in [0.1, 0.15) is 12.2 Å². The molecule has 0 aliphatic carbocycles. The van der Waals surface area contributed by atoms with Crippen LogP contribution in [0.1, 0.15) is 18.9 Å². The summed E-state index contributed by atoms with van der Waals surface area (Å²) in [5, 5.41) is 3.00. The molecule has 3 unspecified atom stereocenters. The van der Waals surface area contributed by atoms with Crippen LogP contribution in [0.15, 0.2) is 24.3 Å². The number of esters is 1. The van der Waals surface area contributed by atoms with Crippen molar-refractivity contribution in [3.63, 3.8) is 0 Å². The van der Waals surface area contributed by atoms with Crippen molar-refractivity contribution in [2.45, 2.75) is 31.2 Å². The van der Waals surface area contributed by atoms with E-state index in [1.165, 1.54) is 18.9 Å². The predicted molar refractivity (Wildman–Crippen MR) is 69.6 cm³/mol. The van der Waals surface area contributed by atoms with Gasteiger partial charge in [0, 0.05) is 24.6 Å². The van der Waals surface area contributed by atoms with Crippen molar-refractivity contribution in [2.24, 2.45) is 0 Å². The fraction of sp³-hybridized carbons (Fsp3) is 0.429. The third kappa shape index (κ3) is 1.54. The van der Waals surface area contributed by atoms with Crippen LogP contribution in [0.5, 0.6) is 0 Å². The Bertz CT molecular complexity index is 592. The number of fused-ring (bicyclic) bond motifs is 3. The van der Waals surface area contributed by atoms with Gasteiger partial charge >= 0.3 is 5.97 Å². The SMILES string of the molecule is COC(=O)C1CC2(F)c3ccccc3NC2N1C(C)=O. The van der Waals surface area contributed by atoms with E-state index in [-0.39, 0.29) is 12.3 Å². The van der Waals surface area contributed by atoms with Crippen molar-refractivity contribution in [2.75, 3.05) is 12.4 Å². The Morgan fingerprint density at radius 1 is 1.45 bits per heavy atom. The molecule has 0 bridgehead atoms. The molecule has 1 aromatic rings. The normalized spacial score (nSPS) is 30.4. The van der Waals surface area contributed by atoms with Gasteiger partial charge in [0.2, 0.25) is 5.91 Å². The minimum atomic E-state index is -1.76. The number of alkyl halides is 1. The molecular weight excluding hydrogens is 263 g/mol. The highest BCUT2D eigenvalue weighted by Gasteiger charge is 2.61. The van der Waals surface area contributed by atoms with Crippen LogP contribution in [0.3, 0.4) is 0 Å². The number of carbonyl (C=O) groups excluding carboxylic acids is 2. The van der Waals surface area contributed by atoms with Crippen LogP contribution in [0.4, 0.5) is 10.1 Å². The zero-order chi connectivity index (χ0) is 14.5. The van der Waals surface area contributed by atoms with E-state index < -0.39 is 23.8 Å². The number of anilines is 1. The average Bonchev–Trinajstić information content (AvgIpc) is 2.87. The number of hydrogen-bond donors (Lipinski definition) is 1. The van der Waals surface area contributed by atoms with Crippen molar-refractivity contribution in [3.05, 3.63) is 29.8 Å². The number of hydrogen-bond acceptors (Lipinski definition) is 4. The highest BCUT2D eigenvalue weighted by atomic mass is 19.1. The molecule has 2 aliphatic heterocycles. The van der Waals surface area contributed by atoms with E-state index in [4.69, 9.17) is 0 Å². The number of halogens is 1. The Morgan fingerprint density at radius 2 is 2.15 bits per heavy atom. The van der Waals surface area contributed by atoms with Gasteiger partial charge in [0.05, 0.1) is 7.11 Å². The highest BCUT2D eigenvalue weighted by molar-refractivity contribution is 5.86. The summed E-state index contributed by atoms with van der Waals surface area (Å²) >= 11 is 0. The van der Waals surface area contributed by atoms with Gasteiger partial charge in [-0.3, -0.25) is 4.79 Å². The van der Waals surface area contributed by atoms with Gasteiger partial charge in [-0.1, -0.05) is 18.2 Å². The van der Waals surface area contributed by atoms with Crippen LogP contribution in [0, 0.1) is 0 Å². The van der Waals surface area contributed by atoms with Crippen molar-refractivity contribution in [3.8, 4) is 0 Å². The zero-order valence-electron chi connectivity index (χ0n) is 11.2. The Morgan fingerprint density at radius 3 is 2.80 bits per heavy atom. The first kappa shape index (κ1) is 12.9. The molecule has 0 spiro atoms. The smallest absolute Gasteiger partial charge is 0.328 e. The number of carbonyl (C=O) groups is 2. The summed E-state index contributed by atoms with van der Waals surface area (Å²) in [7, 11) is 1.24. The van der Waals surface area contributed by atoms with Crippen molar-refractivity contribution < 1.29 is 18.7 Å². The maximum Gasteiger partial charge on any atom is 0.328 e. The first-order valence-corrected chi connectivity index (χ1v) is 6.40. The van der Waals surface area contributed by atoms with Crippen LogP contribution in [0.25, 0.3) is 0 Å². The third-order valence-corrected chi connectivity index (χ3v) is 4.04. The molecule has 1 amide bonds. The zero-order valence-corrected chi connectivity index (χ0v) is 11.2. The second kappa shape index (κ2) is 4.19. The maximum atomic E-state index is 15.4. The number of ether oxygens (including phenoxy) is 1. The lowest BCUT2D eigenvalue weighted by Crippen LogP contribution is -2.48. The van der Waals surface area contributed by atoms with Crippen LogP contribution < -0.4 is 5.32 Å². The van der Waals surface area contributed by atoms with Crippen LogP contribution in [-0.2, 0) is 20.0 Å². The second-order valence-electron chi connectivity index (χ2n) is 5.12. The number of amides is 1. The fourth-order valence-corrected chi connectivity index (χ4v) is 3.19. The highest BCUT2D eigenvalue weighted by Crippen LogP contribution is 2.51. The molecule has 1 fully saturated rings. The van der Waals surface area contributed by atoms with Crippen molar-refractivity contribution in [1.82, 2.24) is 4.90 Å². The van der Waals surface area contributed by atoms with Crippen molar-refractivity contribution in [1.29, 1.82) is 0 Å². The Labute approximate surface area is 115 Å². The maximum absolute atomic E-state index is 15.4. The first-order valence-electron chi connectivity index (χ1n) is 6.40. The van der Waals surface area contributed by atoms with E-state index in [0.717, 1.165) is 0 Å². The first-order chi connectivity index (χ1) is 9.49. The molecule has 5 nitrogen and oxygen atoms in total. The van der Waals surface area contributed by atoms with Gasteiger partial charge in [0.15, 0.2) is 5.67 Å². The number of nitrogens with one attached hydrogen (secondary N) is 1. The number of rotatable bonds is 1. The standard InChI is InChI=1S/C14H15FN2O3/c1-8(18)17-11(12(19)20-2)7-14(15)9-5-3-4-6-10(9)16-13(14)17/h3-6,11,13,16H,7H2,1-2H3. The molecule has 6 heteroatoms. The van der Waals surface area contributed by atoms with E-state index in [9.17, 15) is 9.59 Å². The van der Waals surface area contributed by atoms with Gasteiger partial charge in [-0.2, -0.15) is 0 Å². The minimum absolute atomic E-state index is 0.0894. The van der Waals surface area contributed by atoms with Crippen LogP contribution in [0.2, 0.25) is 0 Å². The Hall–Kier alpha value is -2.11. The fourth-order valence-electron chi connectivity index (χ4n) is 3.19. The molecule has 0 aromatic heterocycles. The summed E-state index contributed by atoms with van der Waals surface area (Å²) in [6.07, 6.45) is -0.949. The third-order valence-electron chi connectivity index (χ3n) is 4.04. The van der Waals surface area contributed by atoms with E-state index in [1.807, 2.05) is 0 Å². The largest absolute Gasteiger partial charge is 0.467 e. The minimum Gasteiger partial charge on any atom is -0.467 e. The number of nitrogens with zero attached hydrogens (tertiary/aromatic N) is 1. The van der Waals surface area contributed by atoms with Crippen LogP contribution >= 0.6 is 0 Å². The molecule has 0 radical (unpaired) electrons. The van der Waals surface area contributed by atoms with Gasteiger partial charge < -0.3 is 15.0 Å². The van der Waals surface area contributed by atoms with E-state index in [2.05, 4.69) is 10.1 Å². The topological polar surface area (TPSA) is 58.6 Å². The number of likely N-dealkylation sites (tertiary alicyclic amines) is 1. The molecule has 2 aliphatic rings. The van der Waals surface area contributed by atoms with Gasteiger partial charge in [0.25, 0.3) is 0 Å². The molecule has 106 valence electrons. The van der Waals surface area contributed by atoms with Gasteiger partial charge in [-0.25, -0.2) is 9.18 Å². The molecule has 0 saturated carbocycles. The molecular formula is C14H15FN2O3. The lowest BCUT2D eigenvalue weighted by atomic mass is 9.93. The summed E-state index contributed by atoms with van der Waals surface area (Å²) in [5.41, 5.74) is -0.613. The summed E-state index contributed by atoms with van der Waals surface area (Å²) < 4.78 is 20.1. The number of para-hydroxylation sites is 1. The van der Waals surface area contributed by atoms with E-state index >= 15 is 4.39 Å². The van der Waals surface area contributed by atoms with Gasteiger partial charge in [-0.15, -0.1) is 0 Å². The number of benzene rings is 1. The lowest BCUT2D eigenvalue weighted by molar-refractivity contribution is -0.151. The molecule has 2 heterocycles. The number of methoxy groups -OCH3 is 1. The quantitative estimate of drug-likeness (QED) is 0.789. The molecule has 1 aromatic carbocycles. The van der Waals surface area contributed by atoms with Crippen molar-refractivity contribution >= 4 is 17.6 Å². The summed E-state index contributed by atoms with van der Waals surface area (Å²) in [5.74, 6) is -0.948. The molecule has 3 atom stereocenters. The Kier molecular flexibility index (Phi) is 2.70.